The zero-order valence-corrected chi connectivity index (χ0v) is 15.5. The standard InChI is InChI=1S/C21H14F3N3O3/c1-30-20(29)16-17(25)13-8-7-12(21(22,23)24)10-15(13)27(19(16)28)14-6-2-4-11-5-3-9-26-18(11)14/h2-10H,25H2,1H3. The molecular formula is C21H14F3N3O3. The number of benzene rings is 2. The predicted molar refractivity (Wildman–Crippen MR) is 106 cm³/mol. The van der Waals surface area contributed by atoms with Crippen molar-refractivity contribution in [3.63, 3.8) is 0 Å². The van der Waals surface area contributed by atoms with Gasteiger partial charge in [0.1, 0.15) is 5.56 Å². The monoisotopic (exact) mass is 413 g/mol. The van der Waals surface area contributed by atoms with E-state index in [2.05, 4.69) is 9.72 Å². The molecule has 0 aliphatic carbocycles. The van der Waals surface area contributed by atoms with Gasteiger partial charge in [0, 0.05) is 17.0 Å². The molecule has 2 N–H and O–H groups in total. The van der Waals surface area contributed by atoms with Gasteiger partial charge < -0.3 is 10.5 Å². The topological polar surface area (TPSA) is 87.2 Å². The number of nitrogen functional groups attached to an aromatic ring is 1. The summed E-state index contributed by atoms with van der Waals surface area (Å²) in [5, 5.41) is 0.773. The first kappa shape index (κ1) is 19.4. The maximum absolute atomic E-state index is 13.4. The number of aromatic nitrogens is 2. The van der Waals surface area contributed by atoms with Crippen LogP contribution >= 0.6 is 0 Å². The smallest absolute Gasteiger partial charge is 0.416 e. The van der Waals surface area contributed by atoms with E-state index in [9.17, 15) is 22.8 Å². The highest BCUT2D eigenvalue weighted by Crippen LogP contribution is 2.34. The molecule has 0 aliphatic rings. The number of hydrogen-bond acceptors (Lipinski definition) is 5. The highest BCUT2D eigenvalue weighted by atomic mass is 19.4. The van der Waals surface area contributed by atoms with Gasteiger partial charge >= 0.3 is 12.1 Å². The number of alkyl halides is 3. The molecule has 30 heavy (non-hydrogen) atoms. The van der Waals surface area contributed by atoms with Crippen LogP contribution in [0, 0.1) is 0 Å². The summed E-state index contributed by atoms with van der Waals surface area (Å²) in [6, 6.07) is 11.2. The zero-order chi connectivity index (χ0) is 21.6. The summed E-state index contributed by atoms with van der Waals surface area (Å²) in [5.41, 5.74) is 3.93. The SMILES string of the molecule is COC(=O)c1c(N)c2ccc(C(F)(F)F)cc2n(-c2cccc3cccnc23)c1=O. The molecule has 2 heterocycles. The number of fused-ring (bicyclic) bond motifs is 2. The maximum atomic E-state index is 13.4. The molecule has 152 valence electrons. The number of anilines is 1. The van der Waals surface area contributed by atoms with Gasteiger partial charge in [-0.3, -0.25) is 14.3 Å². The quantitative estimate of drug-likeness (QED) is 0.503. The molecule has 0 fully saturated rings. The third-order valence-electron chi connectivity index (χ3n) is 4.78. The number of pyridine rings is 2. The fourth-order valence-electron chi connectivity index (χ4n) is 3.40. The van der Waals surface area contributed by atoms with Crippen LogP contribution in [0.5, 0.6) is 0 Å². The van der Waals surface area contributed by atoms with Crippen LogP contribution in [0.3, 0.4) is 0 Å². The van der Waals surface area contributed by atoms with E-state index in [0.717, 1.165) is 29.9 Å². The molecule has 0 aliphatic heterocycles. The van der Waals surface area contributed by atoms with Crippen LogP contribution in [-0.4, -0.2) is 22.6 Å². The fraction of sp³-hybridized carbons (Fsp3) is 0.0952. The molecule has 0 amide bonds. The predicted octanol–water partition coefficient (Wildman–Crippen LogP) is 3.93. The van der Waals surface area contributed by atoms with Gasteiger partial charge in [0.05, 0.1) is 35.1 Å². The molecule has 0 spiro atoms. The number of esters is 1. The van der Waals surface area contributed by atoms with E-state index in [4.69, 9.17) is 5.73 Å². The second kappa shape index (κ2) is 6.87. The zero-order valence-electron chi connectivity index (χ0n) is 15.5. The number of rotatable bonds is 2. The number of nitrogens with zero attached hydrogens (tertiary/aromatic N) is 2. The van der Waals surface area contributed by atoms with E-state index in [1.165, 1.54) is 12.3 Å². The average Bonchev–Trinajstić information content (AvgIpc) is 2.72. The van der Waals surface area contributed by atoms with Crippen LogP contribution < -0.4 is 11.3 Å². The van der Waals surface area contributed by atoms with Gasteiger partial charge in [-0.15, -0.1) is 0 Å². The lowest BCUT2D eigenvalue weighted by Crippen LogP contribution is -2.28. The van der Waals surface area contributed by atoms with E-state index >= 15 is 0 Å². The molecule has 0 saturated heterocycles. The normalized spacial score (nSPS) is 11.7. The highest BCUT2D eigenvalue weighted by molar-refractivity contribution is 6.05. The second-order valence-electron chi connectivity index (χ2n) is 6.50. The Balaban J connectivity index is 2.23. The molecule has 6 nitrogen and oxygen atoms in total. The molecule has 0 unspecified atom stereocenters. The lowest BCUT2D eigenvalue weighted by molar-refractivity contribution is -0.137. The lowest BCUT2D eigenvalue weighted by atomic mass is 10.0. The van der Waals surface area contributed by atoms with Gasteiger partial charge in [0.15, 0.2) is 0 Å². The first-order valence-corrected chi connectivity index (χ1v) is 8.72. The molecular weight excluding hydrogens is 399 g/mol. The van der Waals surface area contributed by atoms with Crippen LogP contribution in [0.2, 0.25) is 0 Å². The summed E-state index contributed by atoms with van der Waals surface area (Å²) in [5.74, 6) is -0.985. The van der Waals surface area contributed by atoms with E-state index < -0.39 is 28.8 Å². The van der Waals surface area contributed by atoms with E-state index in [1.54, 1.807) is 24.3 Å². The summed E-state index contributed by atoms with van der Waals surface area (Å²) in [4.78, 5) is 29.8. The van der Waals surface area contributed by atoms with Gasteiger partial charge in [-0.1, -0.05) is 24.3 Å². The van der Waals surface area contributed by atoms with Gasteiger partial charge in [-0.2, -0.15) is 13.2 Å². The number of carbonyl (C=O) groups excluding carboxylic acids is 1. The van der Waals surface area contributed by atoms with Gasteiger partial charge in [0.2, 0.25) is 0 Å². The molecule has 2 aromatic heterocycles. The van der Waals surface area contributed by atoms with Crippen LogP contribution in [0.1, 0.15) is 15.9 Å². The summed E-state index contributed by atoms with van der Waals surface area (Å²) < 4.78 is 45.8. The lowest BCUT2D eigenvalue weighted by Gasteiger charge is -2.17. The number of ether oxygens (including phenoxy) is 1. The number of nitrogens with two attached hydrogens (primary N) is 1. The Morgan fingerprint density at radius 1 is 1.13 bits per heavy atom. The Bertz CT molecular complexity index is 1370. The van der Waals surface area contributed by atoms with E-state index in [0.29, 0.717) is 10.9 Å². The van der Waals surface area contributed by atoms with Crippen molar-refractivity contribution < 1.29 is 22.7 Å². The van der Waals surface area contributed by atoms with Gasteiger partial charge in [0.25, 0.3) is 5.56 Å². The number of hydrogen-bond donors (Lipinski definition) is 1. The van der Waals surface area contributed by atoms with E-state index in [-0.39, 0.29) is 22.3 Å². The van der Waals surface area contributed by atoms with Crippen LogP contribution in [0.15, 0.2) is 59.5 Å². The van der Waals surface area contributed by atoms with Crippen molar-refractivity contribution in [2.75, 3.05) is 12.8 Å². The van der Waals surface area contributed by atoms with Crippen LogP contribution in [0.25, 0.3) is 27.5 Å². The minimum atomic E-state index is -4.64. The summed E-state index contributed by atoms with van der Waals surface area (Å²) in [7, 11) is 1.09. The Morgan fingerprint density at radius 3 is 2.57 bits per heavy atom. The number of halogens is 3. The highest BCUT2D eigenvalue weighted by Gasteiger charge is 2.32. The molecule has 4 aromatic rings. The summed E-state index contributed by atoms with van der Waals surface area (Å²) in [6.07, 6.45) is -3.14. The average molecular weight is 413 g/mol. The summed E-state index contributed by atoms with van der Waals surface area (Å²) >= 11 is 0. The van der Waals surface area contributed by atoms with Crippen molar-refractivity contribution >= 4 is 33.5 Å². The minimum Gasteiger partial charge on any atom is -0.465 e. The maximum Gasteiger partial charge on any atom is 0.416 e. The van der Waals surface area contributed by atoms with Crippen molar-refractivity contribution in [2.45, 2.75) is 6.18 Å². The molecule has 0 saturated carbocycles. The minimum absolute atomic E-state index is 0.0990. The number of para-hydroxylation sites is 1. The van der Waals surface area contributed by atoms with Crippen molar-refractivity contribution in [3.05, 3.63) is 76.2 Å². The Hall–Kier alpha value is -3.88. The molecule has 0 bridgehead atoms. The molecule has 0 atom stereocenters. The summed E-state index contributed by atoms with van der Waals surface area (Å²) in [6.45, 7) is 0. The largest absolute Gasteiger partial charge is 0.465 e. The molecule has 2 aromatic carbocycles. The van der Waals surface area contributed by atoms with Gasteiger partial charge in [-0.25, -0.2) is 4.79 Å². The third kappa shape index (κ3) is 2.95. The fourth-order valence-corrected chi connectivity index (χ4v) is 3.40. The Labute approximate surface area is 167 Å². The second-order valence-corrected chi connectivity index (χ2v) is 6.50. The van der Waals surface area contributed by atoms with Crippen LogP contribution in [0.4, 0.5) is 18.9 Å². The van der Waals surface area contributed by atoms with Crippen LogP contribution in [-0.2, 0) is 10.9 Å². The molecule has 4 rings (SSSR count). The number of methoxy groups -OCH3 is 1. The van der Waals surface area contributed by atoms with Crippen molar-refractivity contribution in [1.82, 2.24) is 9.55 Å². The first-order valence-electron chi connectivity index (χ1n) is 8.72. The van der Waals surface area contributed by atoms with Gasteiger partial charge in [-0.05, 0) is 24.3 Å². The van der Waals surface area contributed by atoms with Crippen molar-refractivity contribution in [3.8, 4) is 5.69 Å². The molecule has 9 heteroatoms. The first-order chi connectivity index (χ1) is 14.2. The van der Waals surface area contributed by atoms with E-state index in [1.807, 2.05) is 0 Å². The Morgan fingerprint density at radius 2 is 1.87 bits per heavy atom. The third-order valence-corrected chi connectivity index (χ3v) is 4.78. The van der Waals surface area contributed by atoms with Crippen molar-refractivity contribution in [2.24, 2.45) is 0 Å². The Kier molecular flexibility index (Phi) is 4.45. The molecule has 0 radical (unpaired) electrons. The van der Waals surface area contributed by atoms with Crippen molar-refractivity contribution in [1.29, 1.82) is 0 Å². The number of carbonyl (C=O) groups is 1.